The van der Waals surface area contributed by atoms with Crippen LogP contribution in [0.3, 0.4) is 0 Å². The molecule has 1 aliphatic rings. The van der Waals surface area contributed by atoms with E-state index in [9.17, 15) is 9.59 Å². The Balaban J connectivity index is 1.66. The largest absolute Gasteiger partial charge is 0.325 e. The van der Waals surface area contributed by atoms with E-state index in [4.69, 9.17) is 0 Å². The van der Waals surface area contributed by atoms with Gasteiger partial charge in [0, 0.05) is 5.69 Å². The molecule has 0 unspecified atom stereocenters. The minimum atomic E-state index is -0.481. The van der Waals surface area contributed by atoms with Crippen molar-refractivity contribution in [3.63, 3.8) is 0 Å². The summed E-state index contributed by atoms with van der Waals surface area (Å²) in [6.45, 7) is 3.16. The molecule has 1 saturated heterocycles. The van der Waals surface area contributed by atoms with Gasteiger partial charge < -0.3 is 10.6 Å². The van der Waals surface area contributed by atoms with Crippen molar-refractivity contribution in [2.24, 2.45) is 5.92 Å². The lowest BCUT2D eigenvalue weighted by Gasteiger charge is -2.31. The smallest absolute Gasteiger partial charge is 0.320 e. The average Bonchev–Trinajstić information content (AvgIpc) is 2.55. The van der Waals surface area contributed by atoms with Gasteiger partial charge in [-0.25, -0.2) is 4.79 Å². The lowest BCUT2D eigenvalue weighted by molar-refractivity contribution is -0.121. The summed E-state index contributed by atoms with van der Waals surface area (Å²) in [4.78, 5) is 25.8. The molecule has 6 heteroatoms. The van der Waals surface area contributed by atoms with E-state index in [-0.39, 0.29) is 12.5 Å². The Labute approximate surface area is 137 Å². The Morgan fingerprint density at radius 1 is 1.17 bits per heavy atom. The highest BCUT2D eigenvalue weighted by Crippen LogP contribution is 2.19. The van der Waals surface area contributed by atoms with Crippen LogP contribution in [0.4, 0.5) is 10.5 Å². The highest BCUT2D eigenvalue weighted by molar-refractivity contribution is 6.01. The first-order valence-corrected chi connectivity index (χ1v) is 8.20. The molecular weight excluding hydrogens is 292 g/mol. The number of para-hydroxylation sites is 1. The number of hydrogen-bond acceptors (Lipinski definition) is 4. The van der Waals surface area contributed by atoms with Crippen LogP contribution in [-0.2, 0) is 4.79 Å². The summed E-state index contributed by atoms with van der Waals surface area (Å²) in [5.41, 5.74) is 0.670. The molecule has 0 atom stereocenters. The van der Waals surface area contributed by atoms with Crippen molar-refractivity contribution >= 4 is 17.6 Å². The molecule has 3 amide bonds. The molecule has 23 heavy (non-hydrogen) atoms. The third-order valence-electron chi connectivity index (χ3n) is 4.16. The summed E-state index contributed by atoms with van der Waals surface area (Å²) in [5, 5.41) is 8.20. The summed E-state index contributed by atoms with van der Waals surface area (Å²) in [5.74, 6) is 0.482. The number of carbonyl (C=O) groups is 2. The van der Waals surface area contributed by atoms with Crippen molar-refractivity contribution in [2.75, 3.05) is 38.5 Å². The number of nitrogens with one attached hydrogen (secondary N) is 3. The van der Waals surface area contributed by atoms with E-state index in [0.29, 0.717) is 5.69 Å². The minimum absolute atomic E-state index is 0.257. The van der Waals surface area contributed by atoms with Crippen molar-refractivity contribution < 1.29 is 9.59 Å². The van der Waals surface area contributed by atoms with E-state index in [1.54, 1.807) is 12.1 Å². The summed E-state index contributed by atoms with van der Waals surface area (Å²) in [6.07, 6.45) is 3.42. The van der Waals surface area contributed by atoms with Gasteiger partial charge >= 0.3 is 6.03 Å². The second-order valence-corrected chi connectivity index (χ2v) is 5.98. The van der Waals surface area contributed by atoms with Crippen LogP contribution in [-0.4, -0.2) is 50.1 Å². The molecule has 1 fully saturated rings. The molecule has 126 valence electrons. The Kier molecular flexibility index (Phi) is 7.03. The zero-order chi connectivity index (χ0) is 16.5. The molecule has 0 bridgehead atoms. The van der Waals surface area contributed by atoms with E-state index in [2.05, 4.69) is 20.9 Å². The Bertz CT molecular complexity index is 499. The highest BCUT2D eigenvalue weighted by atomic mass is 16.2. The molecule has 2 rings (SSSR count). The quantitative estimate of drug-likeness (QED) is 0.746. The van der Waals surface area contributed by atoms with Crippen molar-refractivity contribution in [3.05, 3.63) is 30.3 Å². The standard InChI is InChI=1S/C17H26N4O2/c1-18-10-7-14-8-11-21(12-9-14)13-16(22)20-17(23)19-15-5-3-2-4-6-15/h2-6,14,18H,7-13H2,1H3,(H2,19,20,22,23). The second-order valence-electron chi connectivity index (χ2n) is 5.98. The van der Waals surface area contributed by atoms with E-state index in [0.717, 1.165) is 38.4 Å². The molecule has 1 aliphatic heterocycles. The average molecular weight is 318 g/mol. The normalized spacial score (nSPS) is 16.0. The van der Waals surface area contributed by atoms with Gasteiger partial charge in [0.1, 0.15) is 0 Å². The third-order valence-corrected chi connectivity index (χ3v) is 4.16. The molecular formula is C17H26N4O2. The topological polar surface area (TPSA) is 73.5 Å². The fourth-order valence-electron chi connectivity index (χ4n) is 2.83. The number of imide groups is 1. The van der Waals surface area contributed by atoms with Gasteiger partial charge in [0.05, 0.1) is 6.54 Å². The number of benzene rings is 1. The number of hydrogen-bond donors (Lipinski definition) is 3. The minimum Gasteiger partial charge on any atom is -0.320 e. The predicted octanol–water partition coefficient (Wildman–Crippen LogP) is 1.66. The number of amides is 3. The summed E-state index contributed by atoms with van der Waals surface area (Å²) in [7, 11) is 1.97. The van der Waals surface area contributed by atoms with Crippen LogP contribution in [0.1, 0.15) is 19.3 Å². The SMILES string of the molecule is CNCCC1CCN(CC(=O)NC(=O)Nc2ccccc2)CC1. The van der Waals surface area contributed by atoms with Crippen molar-refractivity contribution in [3.8, 4) is 0 Å². The van der Waals surface area contributed by atoms with Crippen LogP contribution >= 0.6 is 0 Å². The highest BCUT2D eigenvalue weighted by Gasteiger charge is 2.21. The van der Waals surface area contributed by atoms with Gasteiger partial charge in [-0.2, -0.15) is 0 Å². The number of piperidine rings is 1. The van der Waals surface area contributed by atoms with Gasteiger partial charge in [0.15, 0.2) is 0 Å². The van der Waals surface area contributed by atoms with Crippen LogP contribution in [0.2, 0.25) is 0 Å². The van der Waals surface area contributed by atoms with Gasteiger partial charge in [-0.1, -0.05) is 18.2 Å². The lowest BCUT2D eigenvalue weighted by Crippen LogP contribution is -2.44. The molecule has 6 nitrogen and oxygen atoms in total. The van der Waals surface area contributed by atoms with Crippen LogP contribution in [0.5, 0.6) is 0 Å². The maximum absolute atomic E-state index is 11.9. The van der Waals surface area contributed by atoms with Gasteiger partial charge in [-0.15, -0.1) is 0 Å². The number of nitrogens with zero attached hydrogens (tertiary/aromatic N) is 1. The number of rotatable bonds is 6. The first-order chi connectivity index (χ1) is 11.2. The van der Waals surface area contributed by atoms with E-state index < -0.39 is 6.03 Å². The van der Waals surface area contributed by atoms with Gasteiger partial charge in [-0.3, -0.25) is 15.0 Å². The second kappa shape index (κ2) is 9.27. The van der Waals surface area contributed by atoms with E-state index in [1.807, 2.05) is 25.2 Å². The summed E-state index contributed by atoms with van der Waals surface area (Å²) in [6, 6.07) is 8.60. The molecule has 0 aromatic heterocycles. The number of anilines is 1. The zero-order valence-corrected chi connectivity index (χ0v) is 13.7. The maximum atomic E-state index is 11.9. The summed E-state index contributed by atoms with van der Waals surface area (Å²) < 4.78 is 0. The molecule has 1 heterocycles. The van der Waals surface area contributed by atoms with Crippen molar-refractivity contribution in [2.45, 2.75) is 19.3 Å². The van der Waals surface area contributed by atoms with Crippen molar-refractivity contribution in [1.82, 2.24) is 15.5 Å². The first-order valence-electron chi connectivity index (χ1n) is 8.20. The van der Waals surface area contributed by atoms with Crippen LogP contribution in [0.15, 0.2) is 30.3 Å². The molecule has 1 aromatic carbocycles. The first kappa shape index (κ1) is 17.4. The predicted molar refractivity (Wildman–Crippen MR) is 91.3 cm³/mol. The van der Waals surface area contributed by atoms with E-state index in [1.165, 1.54) is 6.42 Å². The molecule has 0 radical (unpaired) electrons. The van der Waals surface area contributed by atoms with Crippen LogP contribution in [0, 0.1) is 5.92 Å². The van der Waals surface area contributed by atoms with Crippen LogP contribution < -0.4 is 16.0 Å². The third kappa shape index (κ3) is 6.38. The van der Waals surface area contributed by atoms with Gasteiger partial charge in [0.25, 0.3) is 0 Å². The molecule has 0 aliphatic carbocycles. The zero-order valence-electron chi connectivity index (χ0n) is 13.7. The van der Waals surface area contributed by atoms with Crippen molar-refractivity contribution in [1.29, 1.82) is 0 Å². The molecule has 0 saturated carbocycles. The monoisotopic (exact) mass is 318 g/mol. The van der Waals surface area contributed by atoms with Gasteiger partial charge in [-0.05, 0) is 64.0 Å². The Morgan fingerprint density at radius 2 is 1.87 bits per heavy atom. The number of likely N-dealkylation sites (tertiary alicyclic amines) is 1. The summed E-state index contributed by atoms with van der Waals surface area (Å²) >= 11 is 0. The fourth-order valence-corrected chi connectivity index (χ4v) is 2.83. The molecule has 1 aromatic rings. The Hall–Kier alpha value is -1.92. The van der Waals surface area contributed by atoms with E-state index >= 15 is 0 Å². The fraction of sp³-hybridized carbons (Fsp3) is 0.529. The Morgan fingerprint density at radius 3 is 2.52 bits per heavy atom. The lowest BCUT2D eigenvalue weighted by atomic mass is 9.93. The number of carbonyl (C=O) groups excluding carboxylic acids is 2. The molecule has 3 N–H and O–H groups in total. The van der Waals surface area contributed by atoms with Crippen LogP contribution in [0.25, 0.3) is 0 Å². The number of urea groups is 1. The maximum Gasteiger partial charge on any atom is 0.325 e. The molecule has 0 spiro atoms. The van der Waals surface area contributed by atoms with Gasteiger partial charge in [0.2, 0.25) is 5.91 Å².